The molecule has 2 amide bonds. The maximum Gasteiger partial charge on any atom is 0.322 e. The van der Waals surface area contributed by atoms with Gasteiger partial charge in [-0.15, -0.1) is 11.3 Å². The monoisotopic (exact) mass is 502 g/mol. The Labute approximate surface area is 214 Å². The van der Waals surface area contributed by atoms with Crippen molar-refractivity contribution in [1.29, 1.82) is 0 Å². The van der Waals surface area contributed by atoms with E-state index in [1.165, 1.54) is 21.0 Å². The molecular weight excluding hydrogens is 476 g/mol. The van der Waals surface area contributed by atoms with Crippen LogP contribution in [0.1, 0.15) is 38.9 Å². The van der Waals surface area contributed by atoms with Crippen molar-refractivity contribution in [1.82, 2.24) is 14.4 Å². The van der Waals surface area contributed by atoms with Gasteiger partial charge in [-0.3, -0.25) is 0 Å². The van der Waals surface area contributed by atoms with Crippen LogP contribution in [0.5, 0.6) is 0 Å². The van der Waals surface area contributed by atoms with E-state index in [1.807, 2.05) is 59.6 Å². The van der Waals surface area contributed by atoms with Gasteiger partial charge in [0.2, 0.25) is 0 Å². The highest BCUT2D eigenvalue weighted by molar-refractivity contribution is 7.15. The molecule has 0 radical (unpaired) electrons. The van der Waals surface area contributed by atoms with Crippen LogP contribution in [0.25, 0.3) is 5.00 Å². The highest BCUT2D eigenvalue weighted by atomic mass is 35.5. The third kappa shape index (κ3) is 3.96. The maximum atomic E-state index is 13.9. The van der Waals surface area contributed by atoms with Crippen molar-refractivity contribution < 1.29 is 4.79 Å². The summed E-state index contributed by atoms with van der Waals surface area (Å²) in [6, 6.07) is 19.8. The van der Waals surface area contributed by atoms with Crippen LogP contribution in [0.4, 0.5) is 10.5 Å². The van der Waals surface area contributed by atoms with Gasteiger partial charge < -0.3 is 19.7 Å². The van der Waals surface area contributed by atoms with E-state index < -0.39 is 0 Å². The Morgan fingerprint density at radius 2 is 1.89 bits per heavy atom. The molecule has 0 spiro atoms. The predicted molar refractivity (Wildman–Crippen MR) is 143 cm³/mol. The quantitative estimate of drug-likeness (QED) is 0.334. The molecule has 5 nitrogen and oxygen atoms in total. The molecule has 1 atom stereocenters. The predicted octanol–water partition coefficient (Wildman–Crippen LogP) is 6.63. The van der Waals surface area contributed by atoms with E-state index in [0.29, 0.717) is 17.3 Å². The Morgan fingerprint density at radius 3 is 2.69 bits per heavy atom. The van der Waals surface area contributed by atoms with E-state index in [-0.39, 0.29) is 12.1 Å². The number of aromatic nitrogens is 1. The van der Waals surface area contributed by atoms with E-state index in [1.54, 1.807) is 0 Å². The zero-order valence-corrected chi connectivity index (χ0v) is 21.4. The third-order valence-corrected chi connectivity index (χ3v) is 8.72. The first kappa shape index (κ1) is 22.4. The summed E-state index contributed by atoms with van der Waals surface area (Å²) in [5.74, 6) is 0. The minimum absolute atomic E-state index is 0.132. The number of carbonyl (C=O) groups excluding carboxylic acids is 1. The number of likely N-dealkylation sites (N-methyl/N-ethyl adjacent to an activating group) is 1. The van der Waals surface area contributed by atoms with Crippen LogP contribution in [-0.2, 0) is 19.5 Å². The average Bonchev–Trinajstić information content (AvgIpc) is 3.43. The first-order valence-electron chi connectivity index (χ1n) is 11.9. The number of rotatable bonds is 2. The lowest BCUT2D eigenvalue weighted by molar-refractivity contribution is 0.194. The number of hydrogen-bond donors (Lipinski definition) is 1. The van der Waals surface area contributed by atoms with Gasteiger partial charge in [-0.25, -0.2) is 4.79 Å². The van der Waals surface area contributed by atoms with Gasteiger partial charge in [0.15, 0.2) is 0 Å². The minimum atomic E-state index is -0.214. The molecule has 0 unspecified atom stereocenters. The maximum absolute atomic E-state index is 13.9. The Morgan fingerprint density at radius 1 is 1.06 bits per heavy atom. The van der Waals surface area contributed by atoms with Crippen molar-refractivity contribution in [3.05, 3.63) is 105 Å². The second-order valence-electron chi connectivity index (χ2n) is 9.41. The topological polar surface area (TPSA) is 40.5 Å². The second-order valence-corrected chi connectivity index (χ2v) is 10.9. The first-order valence-corrected chi connectivity index (χ1v) is 13.1. The average molecular weight is 503 g/mol. The molecule has 4 heterocycles. The van der Waals surface area contributed by atoms with Gasteiger partial charge in [-0.05, 0) is 61.3 Å². The summed E-state index contributed by atoms with van der Waals surface area (Å²) in [6.07, 6.45) is 3.14. The van der Waals surface area contributed by atoms with Gasteiger partial charge in [0, 0.05) is 40.4 Å². The third-order valence-electron chi connectivity index (χ3n) is 7.05. The number of hydrogen-bond acceptors (Lipinski definition) is 3. The molecule has 2 aliphatic heterocycles. The number of nitrogens with zero attached hydrogens (tertiary/aromatic N) is 3. The lowest BCUT2D eigenvalue weighted by atomic mass is 10.0. The van der Waals surface area contributed by atoms with Crippen LogP contribution >= 0.6 is 22.9 Å². The summed E-state index contributed by atoms with van der Waals surface area (Å²) < 4.78 is 2.30. The molecule has 35 heavy (non-hydrogen) atoms. The standard InChI is InChI=1S/C28H27ClN4OS/c1-18-10-11-20(15-23(18)29)30-28(34)33-16-22-21-12-14-31(2)17-25(21)35-27(22)32-13-6-9-24(32)26(33)19-7-4-3-5-8-19/h3-11,13,15,26H,12,14,16-17H2,1-2H3,(H,30,34)/t26-/m1/s1. The van der Waals surface area contributed by atoms with Crippen molar-refractivity contribution in [2.75, 3.05) is 18.9 Å². The Bertz CT molecular complexity index is 1410. The highest BCUT2D eigenvalue weighted by Gasteiger charge is 2.36. The lowest BCUT2D eigenvalue weighted by Gasteiger charge is -2.32. The molecular formula is C28H27ClN4OS. The normalized spacial score (nSPS) is 17.3. The van der Waals surface area contributed by atoms with Gasteiger partial charge in [0.25, 0.3) is 0 Å². The van der Waals surface area contributed by atoms with Crippen LogP contribution in [0.15, 0.2) is 66.9 Å². The fraction of sp³-hybridized carbons (Fsp3) is 0.250. The molecule has 178 valence electrons. The molecule has 0 saturated carbocycles. The highest BCUT2D eigenvalue weighted by Crippen LogP contribution is 2.43. The van der Waals surface area contributed by atoms with Crippen molar-refractivity contribution in [3.8, 4) is 5.00 Å². The van der Waals surface area contributed by atoms with E-state index in [4.69, 9.17) is 11.6 Å². The Kier molecular flexibility index (Phi) is 5.67. The molecule has 2 aliphatic rings. The summed E-state index contributed by atoms with van der Waals surface area (Å²) >= 11 is 8.22. The second kappa shape index (κ2) is 8.86. The summed E-state index contributed by atoms with van der Waals surface area (Å²) in [5, 5.41) is 5.01. The molecule has 0 saturated heterocycles. The van der Waals surface area contributed by atoms with Crippen molar-refractivity contribution >= 4 is 34.7 Å². The fourth-order valence-corrected chi connectivity index (χ4v) is 6.83. The smallest absolute Gasteiger partial charge is 0.310 e. The van der Waals surface area contributed by atoms with Crippen LogP contribution in [0.3, 0.4) is 0 Å². The number of halogens is 1. The Hall–Kier alpha value is -3.06. The number of benzene rings is 2. The fourth-order valence-electron chi connectivity index (χ4n) is 5.20. The van der Waals surface area contributed by atoms with Crippen molar-refractivity contribution in [3.63, 3.8) is 0 Å². The van der Waals surface area contributed by atoms with E-state index in [9.17, 15) is 4.79 Å². The van der Waals surface area contributed by atoms with Crippen LogP contribution in [0.2, 0.25) is 5.02 Å². The first-order chi connectivity index (χ1) is 17.0. The number of urea groups is 1. The summed E-state index contributed by atoms with van der Waals surface area (Å²) in [7, 11) is 2.17. The van der Waals surface area contributed by atoms with Gasteiger partial charge in [-0.2, -0.15) is 0 Å². The molecule has 0 aliphatic carbocycles. The Balaban J connectivity index is 1.48. The van der Waals surface area contributed by atoms with Crippen molar-refractivity contribution in [2.45, 2.75) is 32.5 Å². The zero-order valence-electron chi connectivity index (χ0n) is 19.8. The molecule has 0 bridgehead atoms. The molecule has 4 aromatic rings. The van der Waals surface area contributed by atoms with Gasteiger partial charge in [0.05, 0.1) is 18.3 Å². The number of fused-ring (bicyclic) bond motifs is 5. The zero-order chi connectivity index (χ0) is 24.1. The number of aryl methyl sites for hydroxylation is 1. The summed E-state index contributed by atoms with van der Waals surface area (Å²) in [6.45, 7) is 4.50. The van der Waals surface area contributed by atoms with Crippen LogP contribution in [-0.4, -0.2) is 34.0 Å². The van der Waals surface area contributed by atoms with Crippen LogP contribution < -0.4 is 5.32 Å². The number of carbonyl (C=O) groups is 1. The van der Waals surface area contributed by atoms with Crippen LogP contribution in [0, 0.1) is 6.92 Å². The van der Waals surface area contributed by atoms with E-state index >= 15 is 0 Å². The number of amides is 2. The minimum Gasteiger partial charge on any atom is -0.310 e. The molecule has 7 heteroatoms. The van der Waals surface area contributed by atoms with Gasteiger partial charge >= 0.3 is 6.03 Å². The number of anilines is 1. The lowest BCUT2D eigenvalue weighted by Crippen LogP contribution is -2.38. The van der Waals surface area contributed by atoms with Gasteiger partial charge in [0.1, 0.15) is 5.00 Å². The number of thiophene rings is 1. The largest absolute Gasteiger partial charge is 0.322 e. The van der Waals surface area contributed by atoms with E-state index in [2.05, 4.69) is 52.3 Å². The van der Waals surface area contributed by atoms with Crippen molar-refractivity contribution in [2.24, 2.45) is 0 Å². The van der Waals surface area contributed by atoms with E-state index in [0.717, 1.165) is 36.3 Å². The SMILES string of the molecule is Cc1ccc(NC(=O)N2Cc3c(sc4c3CCN(C)C4)-n3cccc3[C@H]2c2ccccc2)cc1Cl. The summed E-state index contributed by atoms with van der Waals surface area (Å²) in [4.78, 5) is 19.7. The molecule has 2 aromatic carbocycles. The summed E-state index contributed by atoms with van der Waals surface area (Å²) in [5.41, 5.74) is 6.55. The molecule has 2 aromatic heterocycles. The molecule has 0 fully saturated rings. The molecule has 6 rings (SSSR count). The van der Waals surface area contributed by atoms with Gasteiger partial charge in [-0.1, -0.05) is 48.0 Å². The number of nitrogens with one attached hydrogen (secondary N) is 1. The molecule has 1 N–H and O–H groups in total.